The van der Waals surface area contributed by atoms with Crippen molar-refractivity contribution in [3.63, 3.8) is 0 Å². The zero-order valence-corrected chi connectivity index (χ0v) is 28.3. The van der Waals surface area contributed by atoms with Crippen molar-refractivity contribution in [3.8, 4) is 23.0 Å². The molecular weight excluding hydrogens is 584 g/mol. The van der Waals surface area contributed by atoms with E-state index in [0.29, 0.717) is 25.3 Å². The predicted molar refractivity (Wildman–Crippen MR) is 179 cm³/mol. The average molecular weight is 635 g/mol. The summed E-state index contributed by atoms with van der Waals surface area (Å²) >= 11 is 0. The first-order valence-electron chi connectivity index (χ1n) is 16.6. The van der Waals surface area contributed by atoms with E-state index in [0.717, 1.165) is 98.9 Å². The summed E-state index contributed by atoms with van der Waals surface area (Å²) < 4.78 is 22.2. The maximum absolute atomic E-state index is 5.76. The average Bonchev–Trinajstić information content (AvgIpc) is 3.62. The molecule has 4 aliphatic rings. The van der Waals surface area contributed by atoms with Crippen LogP contribution in [0, 0.1) is 0 Å². The Kier molecular flexibility index (Phi) is 9.66. The van der Waals surface area contributed by atoms with Crippen LogP contribution in [0.3, 0.4) is 0 Å². The van der Waals surface area contributed by atoms with Crippen LogP contribution in [0.2, 0.25) is 0 Å². The van der Waals surface area contributed by atoms with Crippen molar-refractivity contribution in [2.75, 3.05) is 68.8 Å². The standard InChI is InChI=1S/C36H50N4O6/c1-39-17-15-35(25-7-9-29(41-3)31(21-25)43-5)13-11-27(23-33(35)39)37-45-19-20-46-38-28-12-14-36(16-18-40(2)34(36)24-28)26-8-10-30(42-4)32(22-26)44-6/h7-10,21-22,33-34H,11-20,23-24H2,1-6H3/t33-,34?,35-,36?/m0/s1. The summed E-state index contributed by atoms with van der Waals surface area (Å²) in [5, 5.41) is 9.12. The molecule has 2 saturated heterocycles. The second-order valence-corrected chi connectivity index (χ2v) is 13.3. The molecule has 0 aromatic heterocycles. The Morgan fingerprint density at radius 3 is 1.41 bits per heavy atom. The molecule has 0 bridgehead atoms. The third-order valence-corrected chi connectivity index (χ3v) is 11.3. The molecule has 2 aromatic rings. The van der Waals surface area contributed by atoms with Gasteiger partial charge >= 0.3 is 0 Å². The quantitative estimate of drug-likeness (QED) is 0.239. The molecule has 46 heavy (non-hydrogen) atoms. The van der Waals surface area contributed by atoms with Gasteiger partial charge in [-0.3, -0.25) is 0 Å². The van der Waals surface area contributed by atoms with E-state index in [1.165, 1.54) is 11.1 Å². The van der Waals surface area contributed by atoms with Crippen molar-refractivity contribution in [2.24, 2.45) is 10.3 Å². The maximum Gasteiger partial charge on any atom is 0.161 e. The zero-order valence-electron chi connectivity index (χ0n) is 28.3. The lowest BCUT2D eigenvalue weighted by Gasteiger charge is -2.42. The number of fused-ring (bicyclic) bond motifs is 2. The second-order valence-electron chi connectivity index (χ2n) is 13.3. The number of nitrogens with zero attached hydrogens (tertiary/aromatic N) is 4. The Morgan fingerprint density at radius 2 is 1.02 bits per heavy atom. The molecular formula is C36H50N4O6. The lowest BCUT2D eigenvalue weighted by molar-refractivity contribution is 0.0514. The van der Waals surface area contributed by atoms with Gasteiger partial charge in [-0.25, -0.2) is 0 Å². The van der Waals surface area contributed by atoms with Crippen molar-refractivity contribution < 1.29 is 28.6 Å². The van der Waals surface area contributed by atoms with Crippen LogP contribution in [0.1, 0.15) is 62.5 Å². The van der Waals surface area contributed by atoms with E-state index < -0.39 is 0 Å². The summed E-state index contributed by atoms with van der Waals surface area (Å²) in [4.78, 5) is 16.5. The molecule has 10 nitrogen and oxygen atoms in total. The van der Waals surface area contributed by atoms with Gasteiger partial charge in [-0.15, -0.1) is 0 Å². The van der Waals surface area contributed by atoms with Crippen LogP contribution in [0.15, 0.2) is 46.7 Å². The first-order chi connectivity index (χ1) is 22.4. The molecule has 2 saturated carbocycles. The molecule has 4 fully saturated rings. The lowest BCUT2D eigenvalue weighted by atomic mass is 9.65. The summed E-state index contributed by atoms with van der Waals surface area (Å²) in [6, 6.07) is 13.5. The van der Waals surface area contributed by atoms with Crippen LogP contribution in [0.5, 0.6) is 23.0 Å². The van der Waals surface area contributed by atoms with E-state index in [-0.39, 0.29) is 10.8 Å². The molecule has 250 valence electrons. The second kappa shape index (κ2) is 13.7. The normalized spacial score (nSPS) is 29.8. The Balaban J connectivity index is 1.02. The highest BCUT2D eigenvalue weighted by molar-refractivity contribution is 5.86. The molecule has 2 heterocycles. The Bertz CT molecular complexity index is 1340. The Morgan fingerprint density at radius 1 is 0.609 bits per heavy atom. The lowest BCUT2D eigenvalue weighted by Crippen LogP contribution is -2.46. The molecule has 2 aliphatic carbocycles. The first kappa shape index (κ1) is 32.4. The van der Waals surface area contributed by atoms with Gasteiger partial charge in [0.2, 0.25) is 0 Å². The predicted octanol–water partition coefficient (Wildman–Crippen LogP) is 5.42. The van der Waals surface area contributed by atoms with Crippen LogP contribution < -0.4 is 18.9 Å². The fraction of sp³-hybridized carbons (Fsp3) is 0.611. The number of methoxy groups -OCH3 is 4. The van der Waals surface area contributed by atoms with Gasteiger partial charge in [-0.2, -0.15) is 0 Å². The summed E-state index contributed by atoms with van der Waals surface area (Å²) in [6.07, 6.45) is 7.93. The van der Waals surface area contributed by atoms with E-state index >= 15 is 0 Å². The zero-order chi connectivity index (χ0) is 32.3. The monoisotopic (exact) mass is 634 g/mol. The highest BCUT2D eigenvalue weighted by Gasteiger charge is 2.51. The fourth-order valence-electron chi connectivity index (χ4n) is 8.68. The van der Waals surface area contributed by atoms with Crippen molar-refractivity contribution in [1.82, 2.24) is 9.80 Å². The number of likely N-dealkylation sites (N-methyl/N-ethyl adjacent to an activating group) is 2. The molecule has 2 unspecified atom stereocenters. The molecule has 4 atom stereocenters. The molecule has 0 radical (unpaired) electrons. The van der Waals surface area contributed by atoms with Crippen molar-refractivity contribution in [1.29, 1.82) is 0 Å². The minimum absolute atomic E-state index is 0.0803. The van der Waals surface area contributed by atoms with E-state index in [1.54, 1.807) is 28.4 Å². The van der Waals surface area contributed by atoms with Crippen molar-refractivity contribution >= 4 is 11.4 Å². The third kappa shape index (κ3) is 5.90. The molecule has 2 aliphatic heterocycles. The molecule has 6 rings (SSSR count). The van der Waals surface area contributed by atoms with E-state index in [2.05, 4.69) is 58.5 Å². The molecule has 0 spiro atoms. The largest absolute Gasteiger partial charge is 0.493 e. The topological polar surface area (TPSA) is 86.6 Å². The van der Waals surface area contributed by atoms with Gasteiger partial charge in [0.15, 0.2) is 36.2 Å². The number of oxime groups is 2. The highest BCUT2D eigenvalue weighted by atomic mass is 16.7. The van der Waals surface area contributed by atoms with Crippen LogP contribution >= 0.6 is 0 Å². The van der Waals surface area contributed by atoms with Crippen LogP contribution in [-0.2, 0) is 20.5 Å². The van der Waals surface area contributed by atoms with Gasteiger partial charge in [0.1, 0.15) is 0 Å². The van der Waals surface area contributed by atoms with E-state index in [1.807, 2.05) is 12.1 Å². The van der Waals surface area contributed by atoms with Crippen LogP contribution in [0.4, 0.5) is 0 Å². The molecule has 2 aromatic carbocycles. The summed E-state index contributed by atoms with van der Waals surface area (Å²) in [5.74, 6) is 3.10. The van der Waals surface area contributed by atoms with Gasteiger partial charge in [0, 0.05) is 35.8 Å². The number of ether oxygens (including phenoxy) is 4. The fourth-order valence-corrected chi connectivity index (χ4v) is 8.68. The Hall–Kier alpha value is -3.50. The van der Waals surface area contributed by atoms with Gasteiger partial charge in [0.05, 0.1) is 39.9 Å². The van der Waals surface area contributed by atoms with E-state index in [9.17, 15) is 0 Å². The maximum atomic E-state index is 5.76. The molecule has 10 heteroatoms. The highest BCUT2D eigenvalue weighted by Crippen LogP contribution is 2.50. The first-order valence-corrected chi connectivity index (χ1v) is 16.6. The number of hydrogen-bond acceptors (Lipinski definition) is 10. The van der Waals surface area contributed by atoms with Gasteiger partial charge in [-0.05, 0) is 101 Å². The van der Waals surface area contributed by atoms with Crippen molar-refractivity contribution in [3.05, 3.63) is 47.5 Å². The smallest absolute Gasteiger partial charge is 0.161 e. The minimum atomic E-state index is 0.0803. The van der Waals surface area contributed by atoms with Crippen molar-refractivity contribution in [2.45, 2.75) is 74.3 Å². The number of likely N-dealkylation sites (tertiary alicyclic amines) is 2. The Labute approximate surface area is 273 Å². The van der Waals surface area contributed by atoms with Gasteiger partial charge in [0.25, 0.3) is 0 Å². The number of rotatable bonds is 11. The van der Waals surface area contributed by atoms with E-state index in [4.69, 9.17) is 28.6 Å². The minimum Gasteiger partial charge on any atom is -0.493 e. The molecule has 0 N–H and O–H groups in total. The summed E-state index contributed by atoms with van der Waals surface area (Å²) in [7, 11) is 11.2. The molecule has 0 amide bonds. The van der Waals surface area contributed by atoms with Gasteiger partial charge in [-0.1, -0.05) is 22.4 Å². The number of benzene rings is 2. The summed E-state index contributed by atoms with van der Waals surface area (Å²) in [5.41, 5.74) is 5.03. The SMILES string of the molecule is COc1ccc(C23CCC(=NOCCON=C4CC[C@@]5(c6ccc(OC)c(OC)c6)CCN(C)[C@H]5C4)CC2N(C)CC3)cc1OC. The van der Waals surface area contributed by atoms with Crippen LogP contribution in [-0.4, -0.2) is 102 Å². The van der Waals surface area contributed by atoms with Gasteiger partial charge < -0.3 is 38.4 Å². The third-order valence-electron chi connectivity index (χ3n) is 11.3. The van der Waals surface area contributed by atoms with Crippen LogP contribution in [0.25, 0.3) is 0 Å². The summed E-state index contributed by atoms with van der Waals surface area (Å²) in [6.45, 7) is 2.88. The number of hydrogen-bond donors (Lipinski definition) is 0.